The third-order valence-electron chi connectivity index (χ3n) is 2.08. The molecule has 1 rings (SSSR count). The van der Waals surface area contributed by atoms with Crippen molar-refractivity contribution >= 4 is 0 Å². The topological polar surface area (TPSA) is 20.2 Å². The Hall–Kier alpha value is -0.700. The van der Waals surface area contributed by atoms with Crippen LogP contribution in [0, 0.1) is 5.92 Å². The predicted octanol–water partition coefficient (Wildman–Crippen LogP) is 2.14. The zero-order valence-corrected chi connectivity index (χ0v) is 6.93. The second-order valence-electron chi connectivity index (χ2n) is 2.82. The molecule has 68 valence electrons. The quantitative estimate of drug-likeness (QED) is 0.680. The molecule has 0 heterocycles. The van der Waals surface area contributed by atoms with Crippen LogP contribution in [0.3, 0.4) is 0 Å². The molecular weight excluding hydrogens is 162 g/mol. The average Bonchev–Trinajstić information content (AvgIpc) is 2.06. The summed E-state index contributed by atoms with van der Waals surface area (Å²) in [4.78, 5) is 0. The van der Waals surface area contributed by atoms with E-state index in [2.05, 4.69) is 0 Å². The number of aliphatic hydroxyl groups excluding tert-OH is 1. The third-order valence-corrected chi connectivity index (χ3v) is 2.08. The minimum Gasteiger partial charge on any atom is -0.396 e. The van der Waals surface area contributed by atoms with E-state index in [1.54, 1.807) is 6.92 Å². The number of hydrogen-bond acceptors (Lipinski definition) is 1. The molecule has 2 atom stereocenters. The Balaban J connectivity index is 2.88. The van der Waals surface area contributed by atoms with E-state index in [9.17, 15) is 8.78 Å². The highest BCUT2D eigenvalue weighted by molar-refractivity contribution is 5.30. The van der Waals surface area contributed by atoms with E-state index >= 15 is 0 Å². The first-order chi connectivity index (χ1) is 5.70. The van der Waals surface area contributed by atoms with Crippen molar-refractivity contribution in [3.8, 4) is 0 Å². The van der Waals surface area contributed by atoms with Crippen LogP contribution in [0.4, 0.5) is 8.78 Å². The SMILES string of the molecule is CCC1=C(F)C(CO)C(F)C=C1. The van der Waals surface area contributed by atoms with Gasteiger partial charge in [-0.2, -0.15) is 0 Å². The van der Waals surface area contributed by atoms with Gasteiger partial charge in [-0.1, -0.05) is 13.0 Å². The second kappa shape index (κ2) is 3.81. The highest BCUT2D eigenvalue weighted by Gasteiger charge is 2.27. The van der Waals surface area contributed by atoms with Gasteiger partial charge < -0.3 is 5.11 Å². The number of alkyl halides is 1. The Morgan fingerprint density at radius 2 is 2.25 bits per heavy atom. The molecule has 1 nitrogen and oxygen atoms in total. The summed E-state index contributed by atoms with van der Waals surface area (Å²) in [5.74, 6) is -1.49. The fourth-order valence-electron chi connectivity index (χ4n) is 1.27. The molecule has 0 aromatic heterocycles. The van der Waals surface area contributed by atoms with Crippen LogP contribution >= 0.6 is 0 Å². The molecule has 1 N–H and O–H groups in total. The van der Waals surface area contributed by atoms with Crippen molar-refractivity contribution in [1.82, 2.24) is 0 Å². The van der Waals surface area contributed by atoms with Gasteiger partial charge in [0.15, 0.2) is 0 Å². The van der Waals surface area contributed by atoms with Gasteiger partial charge in [0.1, 0.15) is 12.0 Å². The molecule has 0 aliphatic heterocycles. The minimum absolute atomic E-state index is 0.471. The Labute approximate surface area is 70.4 Å². The fourth-order valence-corrected chi connectivity index (χ4v) is 1.27. The summed E-state index contributed by atoms with van der Waals surface area (Å²) in [6.45, 7) is 1.33. The van der Waals surface area contributed by atoms with Crippen molar-refractivity contribution in [2.24, 2.45) is 5.92 Å². The van der Waals surface area contributed by atoms with Gasteiger partial charge in [0, 0.05) is 0 Å². The number of rotatable bonds is 2. The summed E-state index contributed by atoms with van der Waals surface area (Å²) in [5.41, 5.74) is 0.489. The van der Waals surface area contributed by atoms with Crippen LogP contribution in [0.5, 0.6) is 0 Å². The zero-order valence-electron chi connectivity index (χ0n) is 6.93. The van der Waals surface area contributed by atoms with Gasteiger partial charge in [0.05, 0.1) is 12.5 Å². The zero-order chi connectivity index (χ0) is 9.14. The molecule has 1 aliphatic carbocycles. The van der Waals surface area contributed by atoms with E-state index < -0.39 is 24.5 Å². The molecule has 0 saturated carbocycles. The van der Waals surface area contributed by atoms with Gasteiger partial charge in [0.25, 0.3) is 0 Å². The van der Waals surface area contributed by atoms with Crippen LogP contribution in [-0.2, 0) is 0 Å². The van der Waals surface area contributed by atoms with Gasteiger partial charge in [0.2, 0.25) is 0 Å². The lowest BCUT2D eigenvalue weighted by molar-refractivity contribution is 0.166. The molecule has 0 spiro atoms. The van der Waals surface area contributed by atoms with E-state index in [1.165, 1.54) is 12.2 Å². The Morgan fingerprint density at radius 1 is 1.58 bits per heavy atom. The van der Waals surface area contributed by atoms with Crippen LogP contribution in [0.25, 0.3) is 0 Å². The molecule has 0 fully saturated rings. The lowest BCUT2D eigenvalue weighted by atomic mass is 9.93. The molecule has 0 saturated heterocycles. The minimum atomic E-state index is -1.38. The summed E-state index contributed by atoms with van der Waals surface area (Å²) >= 11 is 0. The molecular formula is C9H12F2O. The molecule has 0 bridgehead atoms. The molecule has 0 amide bonds. The standard InChI is InChI=1S/C9H12F2O/c1-2-6-3-4-8(10)7(5-12)9(6)11/h3-4,7-8,12H,2,5H2,1H3. The van der Waals surface area contributed by atoms with Gasteiger partial charge in [-0.25, -0.2) is 8.78 Å². The third kappa shape index (κ3) is 1.55. The molecule has 0 radical (unpaired) electrons. The fraction of sp³-hybridized carbons (Fsp3) is 0.556. The van der Waals surface area contributed by atoms with E-state index in [4.69, 9.17) is 5.11 Å². The first-order valence-electron chi connectivity index (χ1n) is 4.02. The van der Waals surface area contributed by atoms with E-state index in [1.807, 2.05) is 0 Å². The molecule has 0 aromatic carbocycles. The smallest absolute Gasteiger partial charge is 0.130 e. The maximum absolute atomic E-state index is 13.2. The highest BCUT2D eigenvalue weighted by atomic mass is 19.1. The van der Waals surface area contributed by atoms with Crippen LogP contribution in [0.1, 0.15) is 13.3 Å². The maximum atomic E-state index is 13.2. The van der Waals surface area contributed by atoms with Crippen molar-refractivity contribution in [2.75, 3.05) is 6.61 Å². The Bertz CT molecular complexity index is 221. The summed E-state index contributed by atoms with van der Waals surface area (Å²) in [5, 5.41) is 8.70. The lowest BCUT2D eigenvalue weighted by Gasteiger charge is -2.20. The van der Waals surface area contributed by atoms with Crippen LogP contribution < -0.4 is 0 Å². The first kappa shape index (κ1) is 9.39. The average molecular weight is 174 g/mol. The summed E-state index contributed by atoms with van der Waals surface area (Å²) < 4.78 is 26.1. The highest BCUT2D eigenvalue weighted by Crippen LogP contribution is 2.29. The molecule has 0 aromatic rings. The monoisotopic (exact) mass is 174 g/mol. The second-order valence-corrected chi connectivity index (χ2v) is 2.82. The van der Waals surface area contributed by atoms with Crippen molar-refractivity contribution in [3.05, 3.63) is 23.6 Å². The Kier molecular flexibility index (Phi) is 2.98. The summed E-state index contributed by atoms with van der Waals surface area (Å²) in [7, 11) is 0. The normalized spacial score (nSPS) is 29.7. The van der Waals surface area contributed by atoms with Gasteiger partial charge >= 0.3 is 0 Å². The van der Waals surface area contributed by atoms with Gasteiger partial charge in [-0.3, -0.25) is 0 Å². The summed E-state index contributed by atoms with van der Waals surface area (Å²) in [6, 6.07) is 0. The first-order valence-corrected chi connectivity index (χ1v) is 4.02. The largest absolute Gasteiger partial charge is 0.396 e. The Morgan fingerprint density at radius 3 is 2.75 bits per heavy atom. The molecule has 12 heavy (non-hydrogen) atoms. The molecule has 2 unspecified atom stereocenters. The van der Waals surface area contributed by atoms with Gasteiger partial charge in [-0.05, 0) is 18.1 Å². The maximum Gasteiger partial charge on any atom is 0.130 e. The van der Waals surface area contributed by atoms with E-state index in [0.29, 0.717) is 12.0 Å². The van der Waals surface area contributed by atoms with Crippen molar-refractivity contribution in [2.45, 2.75) is 19.5 Å². The predicted molar refractivity (Wildman–Crippen MR) is 43.0 cm³/mol. The van der Waals surface area contributed by atoms with E-state index in [0.717, 1.165) is 0 Å². The molecule has 3 heteroatoms. The molecule has 1 aliphatic rings. The summed E-state index contributed by atoms with van der Waals surface area (Å²) in [6.07, 6.45) is 1.89. The lowest BCUT2D eigenvalue weighted by Crippen LogP contribution is -2.22. The van der Waals surface area contributed by atoms with Crippen molar-refractivity contribution < 1.29 is 13.9 Å². The van der Waals surface area contributed by atoms with E-state index in [-0.39, 0.29) is 0 Å². The van der Waals surface area contributed by atoms with Crippen LogP contribution in [0.15, 0.2) is 23.6 Å². The number of allylic oxidation sites excluding steroid dienone is 3. The number of hydrogen-bond donors (Lipinski definition) is 1. The van der Waals surface area contributed by atoms with Crippen molar-refractivity contribution in [1.29, 1.82) is 0 Å². The number of halogens is 2. The van der Waals surface area contributed by atoms with Gasteiger partial charge in [-0.15, -0.1) is 0 Å². The number of aliphatic hydroxyl groups is 1. The van der Waals surface area contributed by atoms with Crippen LogP contribution in [0.2, 0.25) is 0 Å². The van der Waals surface area contributed by atoms with Crippen molar-refractivity contribution in [3.63, 3.8) is 0 Å². The van der Waals surface area contributed by atoms with Crippen LogP contribution in [-0.4, -0.2) is 17.9 Å².